The number of benzene rings is 2. The third-order valence-electron chi connectivity index (χ3n) is 3.54. The number of nitrogens with zero attached hydrogens (tertiary/aromatic N) is 2. The Balaban J connectivity index is 1.71. The van der Waals surface area contributed by atoms with Crippen LogP contribution in [0.4, 0.5) is 10.8 Å². The van der Waals surface area contributed by atoms with E-state index in [1.54, 1.807) is 19.1 Å². The highest BCUT2D eigenvalue weighted by molar-refractivity contribution is 7.80. The summed E-state index contributed by atoms with van der Waals surface area (Å²) in [6.45, 7) is 1.97. The number of aromatic hydroxyl groups is 1. The number of thiazole rings is 1. The van der Waals surface area contributed by atoms with Crippen LogP contribution in [0.25, 0.3) is 10.2 Å². The lowest BCUT2D eigenvalue weighted by molar-refractivity contribution is -0.385. The fourth-order valence-electron chi connectivity index (χ4n) is 2.35. The smallest absolute Gasteiger partial charge is 0.311 e. The first-order valence-electron chi connectivity index (χ1n) is 8.00. The molecule has 0 spiro atoms. The lowest BCUT2D eigenvalue weighted by Gasteiger charge is -2.08. The highest BCUT2D eigenvalue weighted by Crippen LogP contribution is 2.29. The van der Waals surface area contributed by atoms with E-state index in [0.29, 0.717) is 10.6 Å². The minimum atomic E-state index is -0.616. The molecular formula is C17H14N4O5S2. The second-order valence-corrected chi connectivity index (χ2v) is 6.89. The van der Waals surface area contributed by atoms with Gasteiger partial charge in [0.25, 0.3) is 5.91 Å². The van der Waals surface area contributed by atoms with Gasteiger partial charge >= 0.3 is 5.69 Å². The number of fused-ring (bicyclic) bond motifs is 1. The number of anilines is 1. The number of aromatic nitrogens is 1. The number of amides is 1. The van der Waals surface area contributed by atoms with Crippen molar-refractivity contribution in [3.63, 3.8) is 0 Å². The van der Waals surface area contributed by atoms with Crippen LogP contribution in [0.1, 0.15) is 17.3 Å². The van der Waals surface area contributed by atoms with E-state index in [-0.39, 0.29) is 34.5 Å². The summed E-state index contributed by atoms with van der Waals surface area (Å²) in [5, 5.41) is 26.3. The molecule has 0 aliphatic carbocycles. The zero-order chi connectivity index (χ0) is 20.3. The summed E-state index contributed by atoms with van der Waals surface area (Å²) in [5.41, 5.74) is 0.425. The molecule has 1 amide bonds. The van der Waals surface area contributed by atoms with Crippen LogP contribution in [0.3, 0.4) is 0 Å². The molecule has 0 bridgehead atoms. The van der Waals surface area contributed by atoms with Gasteiger partial charge in [0, 0.05) is 11.6 Å². The number of carbonyl (C=O) groups excluding carboxylic acids is 1. The molecular weight excluding hydrogens is 404 g/mol. The fourth-order valence-corrected chi connectivity index (χ4v) is 3.51. The van der Waals surface area contributed by atoms with E-state index in [0.717, 1.165) is 10.8 Å². The van der Waals surface area contributed by atoms with Crippen LogP contribution in [0.15, 0.2) is 36.4 Å². The molecule has 0 unspecified atom stereocenters. The van der Waals surface area contributed by atoms with Gasteiger partial charge in [0.05, 0.1) is 21.7 Å². The number of carbonyl (C=O) groups is 1. The second-order valence-electron chi connectivity index (χ2n) is 5.45. The molecule has 11 heteroatoms. The Hall–Kier alpha value is -3.31. The van der Waals surface area contributed by atoms with Crippen molar-refractivity contribution < 1.29 is 19.6 Å². The van der Waals surface area contributed by atoms with Gasteiger partial charge in [-0.2, -0.15) is 0 Å². The largest absolute Gasteiger partial charge is 0.508 e. The average Bonchev–Trinajstić information content (AvgIpc) is 3.02. The van der Waals surface area contributed by atoms with Crippen molar-refractivity contribution >= 4 is 55.6 Å². The van der Waals surface area contributed by atoms with E-state index in [1.165, 1.54) is 29.5 Å². The molecule has 0 fully saturated rings. The van der Waals surface area contributed by atoms with Gasteiger partial charge in [0.15, 0.2) is 16.0 Å². The molecule has 1 aromatic heterocycles. The van der Waals surface area contributed by atoms with Crippen molar-refractivity contribution in [3.8, 4) is 11.5 Å². The molecule has 0 aliphatic heterocycles. The topological polar surface area (TPSA) is 127 Å². The first-order chi connectivity index (χ1) is 13.4. The van der Waals surface area contributed by atoms with E-state index in [4.69, 9.17) is 17.0 Å². The Bertz CT molecular complexity index is 1080. The fraction of sp³-hybridized carbons (Fsp3) is 0.118. The first-order valence-corrected chi connectivity index (χ1v) is 9.23. The van der Waals surface area contributed by atoms with Gasteiger partial charge in [-0.1, -0.05) is 11.3 Å². The highest BCUT2D eigenvalue weighted by atomic mass is 32.1. The molecule has 3 N–H and O–H groups in total. The normalized spacial score (nSPS) is 10.5. The van der Waals surface area contributed by atoms with E-state index in [1.807, 2.05) is 0 Å². The van der Waals surface area contributed by atoms with Crippen molar-refractivity contribution in [2.75, 3.05) is 11.9 Å². The predicted octanol–water partition coefficient (Wildman–Crippen LogP) is 3.44. The number of phenolic OH excluding ortho intramolecular Hbond substituents is 1. The Morgan fingerprint density at radius 1 is 1.36 bits per heavy atom. The summed E-state index contributed by atoms with van der Waals surface area (Å²) in [6.07, 6.45) is 0. The number of nitrogens with one attached hydrogen (secondary N) is 2. The number of nitro benzene ring substituents is 1. The van der Waals surface area contributed by atoms with Crippen LogP contribution in [-0.2, 0) is 0 Å². The molecule has 0 saturated heterocycles. The number of nitro groups is 1. The predicted molar refractivity (Wildman–Crippen MR) is 109 cm³/mol. The molecule has 0 atom stereocenters. The van der Waals surface area contributed by atoms with Gasteiger partial charge in [-0.25, -0.2) is 4.98 Å². The Morgan fingerprint density at radius 3 is 2.86 bits per heavy atom. The Kier molecular flexibility index (Phi) is 5.66. The van der Waals surface area contributed by atoms with Gasteiger partial charge in [-0.3, -0.25) is 20.2 Å². The number of thiocarbonyl (C=S) groups is 1. The lowest BCUT2D eigenvalue weighted by atomic mass is 10.1. The van der Waals surface area contributed by atoms with Gasteiger partial charge < -0.3 is 15.2 Å². The molecule has 0 radical (unpaired) electrons. The lowest BCUT2D eigenvalue weighted by Crippen LogP contribution is -2.34. The van der Waals surface area contributed by atoms with Crippen LogP contribution in [0.5, 0.6) is 11.5 Å². The van der Waals surface area contributed by atoms with Gasteiger partial charge in [0.2, 0.25) is 0 Å². The molecule has 9 nitrogen and oxygen atoms in total. The Morgan fingerprint density at radius 2 is 2.14 bits per heavy atom. The first kappa shape index (κ1) is 19.5. The molecule has 3 aromatic rings. The molecule has 3 rings (SSSR count). The third-order valence-corrected chi connectivity index (χ3v) is 4.67. The van der Waals surface area contributed by atoms with Crippen LogP contribution in [-0.4, -0.2) is 32.6 Å². The Labute approximate surface area is 168 Å². The SMILES string of the molecule is CCOc1ccc(C(=O)NC(=S)Nc2nc3ccc(O)cc3s2)cc1[N+](=O)[O-]. The zero-order valence-corrected chi connectivity index (χ0v) is 16.1. The number of phenols is 1. The summed E-state index contributed by atoms with van der Waals surface area (Å²) < 4.78 is 5.94. The van der Waals surface area contributed by atoms with Gasteiger partial charge in [-0.05, 0) is 49.5 Å². The highest BCUT2D eigenvalue weighted by Gasteiger charge is 2.19. The van der Waals surface area contributed by atoms with Gasteiger partial charge in [-0.15, -0.1) is 0 Å². The maximum atomic E-state index is 12.4. The van der Waals surface area contributed by atoms with Crippen LogP contribution < -0.4 is 15.4 Å². The summed E-state index contributed by atoms with van der Waals surface area (Å²) in [7, 11) is 0. The summed E-state index contributed by atoms with van der Waals surface area (Å²) in [4.78, 5) is 27.2. The minimum Gasteiger partial charge on any atom is -0.508 e. The quantitative estimate of drug-likeness (QED) is 0.327. The molecule has 0 saturated carbocycles. The zero-order valence-electron chi connectivity index (χ0n) is 14.5. The van der Waals surface area contributed by atoms with Crippen molar-refractivity contribution in [3.05, 3.63) is 52.1 Å². The number of ether oxygens (including phenoxy) is 1. The maximum Gasteiger partial charge on any atom is 0.311 e. The standard InChI is InChI=1S/C17H14N4O5S2/c1-2-26-13-6-3-9(7-12(13)21(24)25)15(23)19-16(27)20-17-18-11-5-4-10(22)8-14(11)28-17/h3-8,22H,2H2,1H3,(H2,18,19,20,23,27). The van der Waals surface area contributed by atoms with E-state index in [2.05, 4.69) is 15.6 Å². The average molecular weight is 418 g/mol. The summed E-state index contributed by atoms with van der Waals surface area (Å²) in [5.74, 6) is -0.402. The summed E-state index contributed by atoms with van der Waals surface area (Å²) in [6, 6.07) is 8.66. The molecule has 144 valence electrons. The van der Waals surface area contributed by atoms with Gasteiger partial charge in [0.1, 0.15) is 5.75 Å². The molecule has 2 aromatic carbocycles. The van der Waals surface area contributed by atoms with Crippen molar-refractivity contribution in [2.24, 2.45) is 0 Å². The number of hydrogen-bond donors (Lipinski definition) is 3. The van der Waals surface area contributed by atoms with Crippen molar-refractivity contribution in [1.29, 1.82) is 0 Å². The van der Waals surface area contributed by atoms with E-state index in [9.17, 15) is 20.0 Å². The van der Waals surface area contributed by atoms with E-state index >= 15 is 0 Å². The van der Waals surface area contributed by atoms with E-state index < -0.39 is 10.8 Å². The number of rotatable bonds is 5. The second kappa shape index (κ2) is 8.15. The number of hydrogen-bond acceptors (Lipinski definition) is 8. The molecule has 1 heterocycles. The van der Waals surface area contributed by atoms with Crippen molar-refractivity contribution in [1.82, 2.24) is 10.3 Å². The summed E-state index contributed by atoms with van der Waals surface area (Å²) >= 11 is 6.36. The van der Waals surface area contributed by atoms with Crippen LogP contribution in [0.2, 0.25) is 0 Å². The van der Waals surface area contributed by atoms with Crippen LogP contribution in [0, 0.1) is 10.1 Å². The monoisotopic (exact) mass is 418 g/mol. The molecule has 28 heavy (non-hydrogen) atoms. The minimum absolute atomic E-state index is 0.00943. The van der Waals surface area contributed by atoms with Crippen molar-refractivity contribution in [2.45, 2.75) is 6.92 Å². The molecule has 0 aliphatic rings. The van der Waals surface area contributed by atoms with Crippen LogP contribution >= 0.6 is 23.6 Å². The maximum absolute atomic E-state index is 12.4. The third kappa shape index (κ3) is 4.32.